The number of para-hydroxylation sites is 2. The van der Waals surface area contributed by atoms with Crippen LogP contribution in [0.4, 0.5) is 23.1 Å². The van der Waals surface area contributed by atoms with Gasteiger partial charge in [-0.2, -0.15) is 4.98 Å². The van der Waals surface area contributed by atoms with Gasteiger partial charge in [-0.15, -0.1) is 0 Å². The minimum absolute atomic E-state index is 0.00523. The van der Waals surface area contributed by atoms with Crippen LogP contribution in [-0.2, 0) is 9.59 Å². The molecule has 11 heteroatoms. The maximum absolute atomic E-state index is 12.9. The number of piperidine rings is 1. The quantitative estimate of drug-likeness (QED) is 0.511. The van der Waals surface area contributed by atoms with Gasteiger partial charge in [-0.1, -0.05) is 12.1 Å². The third-order valence-corrected chi connectivity index (χ3v) is 5.27. The molecule has 0 bridgehead atoms. The van der Waals surface area contributed by atoms with E-state index >= 15 is 0 Å². The van der Waals surface area contributed by atoms with Crippen LogP contribution in [0.15, 0.2) is 29.1 Å². The molecule has 0 radical (unpaired) electrons. The molecule has 2 aromatic rings. The zero-order valence-electron chi connectivity index (χ0n) is 16.0. The monoisotopic (exact) mass is 412 g/mol. The Labute approximate surface area is 170 Å². The Morgan fingerprint density at radius 1 is 1.20 bits per heavy atom. The van der Waals surface area contributed by atoms with Crippen molar-refractivity contribution < 1.29 is 14.5 Å². The molecular formula is C19H20N6O5. The topological polar surface area (TPSA) is 150 Å². The lowest BCUT2D eigenvalue weighted by atomic mass is 9.92. The van der Waals surface area contributed by atoms with E-state index in [1.807, 2.05) is 4.90 Å². The number of carbonyl (C=O) groups is 2. The molecule has 1 saturated heterocycles. The van der Waals surface area contributed by atoms with E-state index in [-0.39, 0.29) is 29.2 Å². The zero-order valence-corrected chi connectivity index (χ0v) is 16.0. The Hall–Kier alpha value is -3.76. The summed E-state index contributed by atoms with van der Waals surface area (Å²) in [6, 6.07) is 5.68. The summed E-state index contributed by atoms with van der Waals surface area (Å²) >= 11 is 0. The number of carbonyl (C=O) groups excluding carboxylic acids is 2. The number of fused-ring (bicyclic) bond motifs is 1. The molecule has 2 amide bonds. The predicted octanol–water partition coefficient (Wildman–Crippen LogP) is 1.73. The molecular weight excluding hydrogens is 392 g/mol. The Bertz CT molecular complexity index is 1080. The third kappa shape index (κ3) is 3.73. The van der Waals surface area contributed by atoms with Crippen LogP contribution < -0.4 is 21.1 Å². The first-order chi connectivity index (χ1) is 14.4. The number of hydrogen-bond acceptors (Lipinski definition) is 7. The number of rotatable bonds is 4. The van der Waals surface area contributed by atoms with Gasteiger partial charge in [0.05, 0.1) is 16.4 Å². The molecule has 2 aliphatic rings. The summed E-state index contributed by atoms with van der Waals surface area (Å²) in [4.78, 5) is 57.5. The number of benzene rings is 1. The van der Waals surface area contributed by atoms with Gasteiger partial charge in [-0.05, 0) is 25.3 Å². The van der Waals surface area contributed by atoms with Crippen LogP contribution in [0.3, 0.4) is 0 Å². The molecule has 156 valence electrons. The Balaban J connectivity index is 1.66. The Morgan fingerprint density at radius 3 is 2.67 bits per heavy atom. The van der Waals surface area contributed by atoms with Crippen LogP contribution in [0.2, 0.25) is 0 Å². The van der Waals surface area contributed by atoms with Gasteiger partial charge in [-0.25, -0.2) is 0 Å². The average Bonchev–Trinajstić information content (AvgIpc) is 2.73. The number of H-pyrrole nitrogens is 1. The lowest BCUT2D eigenvalue weighted by Gasteiger charge is -2.29. The van der Waals surface area contributed by atoms with E-state index in [9.17, 15) is 24.5 Å². The number of nitrogens with zero attached hydrogens (tertiary/aromatic N) is 3. The van der Waals surface area contributed by atoms with Crippen LogP contribution in [0.1, 0.15) is 37.2 Å². The summed E-state index contributed by atoms with van der Waals surface area (Å²) in [5.74, 6) is -1.83. The van der Waals surface area contributed by atoms with Crippen LogP contribution >= 0.6 is 0 Å². The van der Waals surface area contributed by atoms with E-state index in [1.54, 1.807) is 6.07 Å². The van der Waals surface area contributed by atoms with Crippen molar-refractivity contribution in [3.05, 3.63) is 50.3 Å². The highest BCUT2D eigenvalue weighted by Gasteiger charge is 2.35. The van der Waals surface area contributed by atoms with Gasteiger partial charge in [0.25, 0.3) is 11.2 Å². The van der Waals surface area contributed by atoms with Crippen LogP contribution in [0.5, 0.6) is 0 Å². The predicted molar refractivity (Wildman–Crippen MR) is 109 cm³/mol. The van der Waals surface area contributed by atoms with E-state index in [1.165, 1.54) is 18.2 Å². The highest BCUT2D eigenvalue weighted by atomic mass is 16.6. The molecule has 11 nitrogen and oxygen atoms in total. The maximum Gasteiger partial charge on any atom is 0.292 e. The van der Waals surface area contributed by atoms with E-state index in [0.717, 1.165) is 32.4 Å². The zero-order chi connectivity index (χ0) is 21.3. The third-order valence-electron chi connectivity index (χ3n) is 5.27. The summed E-state index contributed by atoms with van der Waals surface area (Å²) in [7, 11) is 0. The van der Waals surface area contributed by atoms with Gasteiger partial charge in [0.2, 0.25) is 17.8 Å². The Kier molecular flexibility index (Phi) is 5.17. The first-order valence-electron chi connectivity index (χ1n) is 9.67. The molecule has 1 aromatic heterocycles. The van der Waals surface area contributed by atoms with E-state index < -0.39 is 28.2 Å². The van der Waals surface area contributed by atoms with Gasteiger partial charge in [0, 0.05) is 25.6 Å². The summed E-state index contributed by atoms with van der Waals surface area (Å²) in [5, 5.41) is 16.2. The number of nitro benzene ring substituents is 1. The second-order valence-corrected chi connectivity index (χ2v) is 7.27. The van der Waals surface area contributed by atoms with Gasteiger partial charge in [0.1, 0.15) is 11.5 Å². The number of hydrogen-bond donors (Lipinski definition) is 3. The van der Waals surface area contributed by atoms with Crippen molar-refractivity contribution in [1.82, 2.24) is 9.97 Å². The fourth-order valence-corrected chi connectivity index (χ4v) is 3.80. The van der Waals surface area contributed by atoms with Gasteiger partial charge in [-0.3, -0.25) is 29.5 Å². The van der Waals surface area contributed by atoms with Crippen molar-refractivity contribution in [3.8, 4) is 0 Å². The van der Waals surface area contributed by atoms with Crippen molar-refractivity contribution in [2.45, 2.75) is 31.6 Å². The van der Waals surface area contributed by atoms with Gasteiger partial charge >= 0.3 is 0 Å². The van der Waals surface area contributed by atoms with Crippen LogP contribution in [-0.4, -0.2) is 39.8 Å². The fraction of sp³-hybridized carbons (Fsp3) is 0.368. The molecule has 1 fully saturated rings. The molecule has 0 saturated carbocycles. The highest BCUT2D eigenvalue weighted by Crippen LogP contribution is 2.32. The number of nitrogens with one attached hydrogen (secondary N) is 3. The lowest BCUT2D eigenvalue weighted by Crippen LogP contribution is -2.38. The number of amides is 2. The number of aromatic nitrogens is 2. The van der Waals surface area contributed by atoms with Gasteiger partial charge in [0.15, 0.2) is 0 Å². The smallest absolute Gasteiger partial charge is 0.292 e. The highest BCUT2D eigenvalue weighted by molar-refractivity contribution is 6.05. The Morgan fingerprint density at radius 2 is 1.93 bits per heavy atom. The van der Waals surface area contributed by atoms with E-state index in [4.69, 9.17) is 0 Å². The molecule has 3 heterocycles. The van der Waals surface area contributed by atoms with E-state index in [2.05, 4.69) is 20.6 Å². The largest absolute Gasteiger partial charge is 0.342 e. The van der Waals surface area contributed by atoms with Crippen molar-refractivity contribution >= 4 is 35.0 Å². The number of nitro groups is 1. The number of aromatic amines is 1. The first kappa shape index (κ1) is 19.6. The molecule has 2 aliphatic heterocycles. The summed E-state index contributed by atoms with van der Waals surface area (Å²) < 4.78 is 0. The van der Waals surface area contributed by atoms with E-state index in [0.29, 0.717) is 5.95 Å². The molecule has 4 rings (SSSR count). The average molecular weight is 412 g/mol. The molecule has 0 unspecified atom stereocenters. The molecule has 1 aromatic carbocycles. The molecule has 1 atom stereocenters. The normalized spacial score (nSPS) is 18.3. The summed E-state index contributed by atoms with van der Waals surface area (Å²) in [6.45, 7) is 1.49. The van der Waals surface area contributed by atoms with Crippen molar-refractivity contribution in [2.75, 3.05) is 28.6 Å². The van der Waals surface area contributed by atoms with Crippen LogP contribution in [0, 0.1) is 10.1 Å². The minimum atomic E-state index is -1.11. The molecule has 3 N–H and O–H groups in total. The maximum atomic E-state index is 12.9. The lowest BCUT2D eigenvalue weighted by molar-refractivity contribution is -0.383. The van der Waals surface area contributed by atoms with Crippen molar-refractivity contribution in [2.24, 2.45) is 0 Å². The second-order valence-electron chi connectivity index (χ2n) is 7.27. The summed E-state index contributed by atoms with van der Waals surface area (Å²) in [6.07, 6.45) is 2.81. The minimum Gasteiger partial charge on any atom is -0.342 e. The molecule has 0 aliphatic carbocycles. The molecule has 0 spiro atoms. The van der Waals surface area contributed by atoms with Gasteiger partial charge < -0.3 is 15.5 Å². The van der Waals surface area contributed by atoms with Crippen molar-refractivity contribution in [3.63, 3.8) is 0 Å². The molecule has 30 heavy (non-hydrogen) atoms. The second kappa shape index (κ2) is 7.93. The number of anilines is 3. The fourth-order valence-electron chi connectivity index (χ4n) is 3.80. The first-order valence-corrected chi connectivity index (χ1v) is 9.67. The standard InChI is InChI=1S/C19H20N6O5/c26-14-10-11(17(27)20-12-6-2-3-7-13(12)25(29)30)15-16(21-14)22-19(23-18(15)28)24-8-4-1-5-9-24/h2-3,6-7,11H,1,4-5,8-10H2,(H,20,27)(H2,21,22,23,26,28)/t11-/m1/s1. The van der Waals surface area contributed by atoms with Crippen LogP contribution in [0.25, 0.3) is 0 Å². The van der Waals surface area contributed by atoms with Crippen molar-refractivity contribution in [1.29, 1.82) is 0 Å². The summed E-state index contributed by atoms with van der Waals surface area (Å²) in [5.41, 5.74) is -0.747. The SMILES string of the molecule is O=C1C[C@@H](C(=O)Nc2ccccc2[N+](=O)[O-])c2c(nc(N3CCCCC3)[nH]c2=O)N1.